The summed E-state index contributed by atoms with van der Waals surface area (Å²) in [7, 11) is 0. The second-order valence-corrected chi connectivity index (χ2v) is 9.21. The molecule has 4 aromatic rings. The molecule has 0 atom stereocenters. The number of nitro groups is 1. The Bertz CT molecular complexity index is 1780. The number of anilines is 1. The number of hydrogen-bond donors (Lipinski definition) is 1. The fourth-order valence-electron chi connectivity index (χ4n) is 4.75. The van der Waals surface area contributed by atoms with Crippen molar-refractivity contribution in [3.63, 3.8) is 0 Å². The van der Waals surface area contributed by atoms with Crippen LogP contribution in [0.15, 0.2) is 59.4 Å². The molecule has 0 aliphatic carbocycles. The minimum atomic E-state index is -5.17. The Morgan fingerprint density at radius 2 is 1.66 bits per heavy atom. The van der Waals surface area contributed by atoms with Crippen molar-refractivity contribution in [3.8, 4) is 16.9 Å². The van der Waals surface area contributed by atoms with E-state index in [9.17, 15) is 46.0 Å². The van der Waals surface area contributed by atoms with Gasteiger partial charge in [0, 0.05) is 28.3 Å². The van der Waals surface area contributed by atoms with Crippen molar-refractivity contribution < 1.29 is 40.8 Å². The number of rotatable bonds is 4. The van der Waals surface area contributed by atoms with E-state index < -0.39 is 51.1 Å². The number of nitrogens with zero attached hydrogens (tertiary/aromatic N) is 2. The lowest BCUT2D eigenvalue weighted by Gasteiger charge is -2.24. The molecule has 0 radical (unpaired) electrons. The number of nitrogens with one attached hydrogen (secondary N) is 1. The first kappa shape index (κ1) is 27.7. The zero-order valence-corrected chi connectivity index (χ0v) is 20.8. The number of hydrogen-bond acceptors (Lipinski definition) is 5. The minimum absolute atomic E-state index is 0.0112. The molecule has 1 aromatic heterocycles. The van der Waals surface area contributed by atoms with E-state index in [4.69, 9.17) is 4.74 Å². The number of aromatic nitrogens is 1. The molecule has 5 rings (SSSR count). The molecule has 0 bridgehead atoms. The maximum Gasteiger partial charge on any atom is 0.416 e. The van der Waals surface area contributed by atoms with Crippen molar-refractivity contribution in [1.29, 1.82) is 0 Å². The number of nitro benzene ring substituents is 1. The maximum atomic E-state index is 13.7. The number of amides is 1. The highest BCUT2D eigenvalue weighted by Gasteiger charge is 2.37. The summed E-state index contributed by atoms with van der Waals surface area (Å²) < 4.78 is 87.2. The van der Waals surface area contributed by atoms with Crippen molar-refractivity contribution in [1.82, 2.24) is 4.57 Å². The zero-order chi connectivity index (χ0) is 29.9. The average molecular weight is 577 g/mol. The van der Waals surface area contributed by atoms with Crippen LogP contribution in [0.25, 0.3) is 22.0 Å². The van der Waals surface area contributed by atoms with Crippen LogP contribution < -0.4 is 15.6 Å². The van der Waals surface area contributed by atoms with E-state index in [0.717, 1.165) is 6.07 Å². The van der Waals surface area contributed by atoms with Gasteiger partial charge < -0.3 is 14.6 Å². The maximum absolute atomic E-state index is 13.7. The van der Waals surface area contributed by atoms with Gasteiger partial charge in [-0.2, -0.15) is 26.3 Å². The molecule has 0 unspecified atom stereocenters. The van der Waals surface area contributed by atoms with Gasteiger partial charge in [-0.3, -0.25) is 19.7 Å². The third-order valence-electron chi connectivity index (χ3n) is 6.59. The number of carbonyl (C=O) groups excluding carboxylic acids is 1. The van der Waals surface area contributed by atoms with Gasteiger partial charge in [0.15, 0.2) is 0 Å². The van der Waals surface area contributed by atoms with Crippen LogP contribution in [0.4, 0.5) is 37.7 Å². The molecule has 1 aliphatic rings. The Balaban J connectivity index is 1.77. The van der Waals surface area contributed by atoms with Gasteiger partial charge >= 0.3 is 12.4 Å². The molecule has 0 fully saturated rings. The Morgan fingerprint density at radius 1 is 1.00 bits per heavy atom. The third-order valence-corrected chi connectivity index (χ3v) is 6.59. The molecule has 1 N–H and O–H groups in total. The van der Waals surface area contributed by atoms with E-state index in [0.29, 0.717) is 12.1 Å². The highest BCUT2D eigenvalue weighted by atomic mass is 19.4. The van der Waals surface area contributed by atoms with Gasteiger partial charge in [-0.05, 0) is 36.8 Å². The molecule has 212 valence electrons. The number of pyridine rings is 1. The second kappa shape index (κ2) is 9.64. The van der Waals surface area contributed by atoms with Gasteiger partial charge in [0.25, 0.3) is 17.2 Å². The van der Waals surface area contributed by atoms with E-state index in [1.54, 1.807) is 12.1 Å². The number of ether oxygens (including phenoxy) is 1. The van der Waals surface area contributed by atoms with Gasteiger partial charge in [0.05, 0.1) is 28.1 Å². The van der Waals surface area contributed by atoms with Gasteiger partial charge in [-0.25, -0.2) is 0 Å². The van der Waals surface area contributed by atoms with Crippen molar-refractivity contribution >= 4 is 28.2 Å². The number of carbonyl (C=O) groups is 1. The number of aryl methyl sites for hydroxylation is 1. The zero-order valence-electron chi connectivity index (χ0n) is 20.8. The summed E-state index contributed by atoms with van der Waals surface area (Å²) in [4.78, 5) is 38.3. The van der Waals surface area contributed by atoms with Gasteiger partial charge in [-0.15, -0.1) is 0 Å². The molecular formula is C27H17F6N3O5. The smallest absolute Gasteiger partial charge is 0.416 e. The summed E-state index contributed by atoms with van der Waals surface area (Å²) in [5.74, 6) is -1.02. The highest BCUT2D eigenvalue weighted by Crippen LogP contribution is 2.40. The first-order valence-corrected chi connectivity index (χ1v) is 11.9. The van der Waals surface area contributed by atoms with Crippen molar-refractivity contribution in [2.45, 2.75) is 25.8 Å². The predicted molar refractivity (Wildman–Crippen MR) is 135 cm³/mol. The molecule has 1 aliphatic heterocycles. The largest absolute Gasteiger partial charge is 0.490 e. The van der Waals surface area contributed by atoms with E-state index in [1.165, 1.54) is 29.7 Å². The Hall–Kier alpha value is -4.88. The van der Waals surface area contributed by atoms with Crippen LogP contribution in [0.1, 0.15) is 27.0 Å². The summed E-state index contributed by atoms with van der Waals surface area (Å²) in [5.41, 5.74) is -5.54. The lowest BCUT2D eigenvalue weighted by molar-refractivity contribution is -0.385. The van der Waals surface area contributed by atoms with Crippen LogP contribution in [-0.4, -0.2) is 22.0 Å². The first-order valence-electron chi connectivity index (χ1n) is 11.9. The number of benzene rings is 3. The molecule has 14 heteroatoms. The molecule has 0 saturated heterocycles. The van der Waals surface area contributed by atoms with Gasteiger partial charge in [0.1, 0.15) is 17.9 Å². The quantitative estimate of drug-likeness (QED) is 0.168. The fraction of sp³-hybridized carbons (Fsp3) is 0.185. The molecule has 41 heavy (non-hydrogen) atoms. The van der Waals surface area contributed by atoms with E-state index >= 15 is 0 Å². The number of halogens is 6. The van der Waals surface area contributed by atoms with Crippen LogP contribution in [0.5, 0.6) is 5.75 Å². The van der Waals surface area contributed by atoms with Gasteiger partial charge in [0.2, 0.25) is 0 Å². The van der Waals surface area contributed by atoms with Crippen LogP contribution in [0.3, 0.4) is 0 Å². The van der Waals surface area contributed by atoms with Crippen LogP contribution in [-0.2, 0) is 18.9 Å². The summed E-state index contributed by atoms with van der Waals surface area (Å²) in [5, 5.41) is 13.9. The molecule has 0 saturated carbocycles. The molecule has 0 spiro atoms. The normalized spacial score (nSPS) is 13.1. The lowest BCUT2D eigenvalue weighted by Crippen LogP contribution is -2.34. The fourth-order valence-corrected chi connectivity index (χ4v) is 4.75. The number of alkyl halides is 6. The summed E-state index contributed by atoms with van der Waals surface area (Å²) in [6.07, 6.45) is -10.3. The summed E-state index contributed by atoms with van der Waals surface area (Å²) in [6.45, 7) is 1.51. The molecule has 8 nitrogen and oxygen atoms in total. The second-order valence-electron chi connectivity index (χ2n) is 9.21. The van der Waals surface area contributed by atoms with Crippen LogP contribution in [0.2, 0.25) is 0 Å². The Labute approximate surface area is 225 Å². The average Bonchev–Trinajstić information content (AvgIpc) is 2.89. The highest BCUT2D eigenvalue weighted by molar-refractivity contribution is 6.14. The van der Waals surface area contributed by atoms with E-state index in [1.807, 2.05) is 5.32 Å². The van der Waals surface area contributed by atoms with Crippen molar-refractivity contribution in [2.75, 3.05) is 11.9 Å². The predicted octanol–water partition coefficient (Wildman–Crippen LogP) is 6.57. The van der Waals surface area contributed by atoms with E-state index in [2.05, 4.69) is 0 Å². The Morgan fingerprint density at radius 3 is 2.27 bits per heavy atom. The van der Waals surface area contributed by atoms with E-state index in [-0.39, 0.29) is 58.2 Å². The minimum Gasteiger partial charge on any atom is -0.490 e. The van der Waals surface area contributed by atoms with Crippen molar-refractivity contribution in [2.24, 2.45) is 0 Å². The standard InChI is InChI=1S/C27H17F6N3O5/c1-13-5-6-14(9-19(13)36(39)40)21-18-3-2-4-20-23(18)35(7-8-41-20)25(38)22(21)24(37)34-17-11-15(26(28,29)30)10-16(12-17)27(31,32)33/h2-6,9-12H,7-8H2,1H3,(H,34,37). The first-order chi connectivity index (χ1) is 19.2. The molecular weight excluding hydrogens is 560 g/mol. The third kappa shape index (κ3) is 4.96. The molecule has 2 heterocycles. The van der Waals surface area contributed by atoms with Gasteiger partial charge in [-0.1, -0.05) is 24.3 Å². The van der Waals surface area contributed by atoms with Crippen LogP contribution >= 0.6 is 0 Å². The summed E-state index contributed by atoms with van der Waals surface area (Å²) in [6, 6.07) is 9.13. The van der Waals surface area contributed by atoms with Crippen molar-refractivity contribution in [3.05, 3.63) is 97.3 Å². The number of para-hydroxylation sites is 1. The Kier molecular flexibility index (Phi) is 6.51. The lowest BCUT2D eigenvalue weighted by atomic mass is 9.93. The molecule has 3 aromatic carbocycles. The monoisotopic (exact) mass is 577 g/mol. The van der Waals surface area contributed by atoms with Crippen LogP contribution in [0, 0.1) is 17.0 Å². The topological polar surface area (TPSA) is 103 Å². The molecule has 1 amide bonds. The SMILES string of the molecule is Cc1ccc(-c2c(C(=O)Nc3cc(C(F)(F)F)cc(C(F)(F)F)c3)c(=O)n3c4c(cccc24)OCC3)cc1[N+](=O)[O-]. The summed E-state index contributed by atoms with van der Waals surface area (Å²) >= 11 is 0.